The van der Waals surface area contributed by atoms with Crippen LogP contribution in [0.15, 0.2) is 39.9 Å². The van der Waals surface area contributed by atoms with Crippen molar-refractivity contribution in [2.24, 2.45) is 7.05 Å². The zero-order valence-electron chi connectivity index (χ0n) is 12.4. The van der Waals surface area contributed by atoms with Crippen LogP contribution in [0.4, 0.5) is 0 Å². The molecule has 4 heteroatoms. The van der Waals surface area contributed by atoms with Crippen molar-refractivity contribution in [1.82, 2.24) is 9.13 Å². The Bertz CT molecular complexity index is 725. The molecule has 0 saturated heterocycles. The molecule has 0 spiro atoms. The second kappa shape index (κ2) is 5.49. The normalized spacial score (nSPS) is 11.1. The summed E-state index contributed by atoms with van der Waals surface area (Å²) in [6.07, 6.45) is 0.548. The molecule has 0 unspecified atom stereocenters. The van der Waals surface area contributed by atoms with Gasteiger partial charge in [0.2, 0.25) is 0 Å². The molecule has 0 radical (unpaired) electrons. The first-order valence-electron chi connectivity index (χ1n) is 6.78. The van der Waals surface area contributed by atoms with Crippen LogP contribution in [0.2, 0.25) is 0 Å². The highest BCUT2D eigenvalue weighted by molar-refractivity contribution is 5.27. The summed E-state index contributed by atoms with van der Waals surface area (Å²) in [7, 11) is 1.54. The minimum absolute atomic E-state index is 0.0313. The molecule has 0 aliphatic heterocycles. The summed E-state index contributed by atoms with van der Waals surface area (Å²) in [5.41, 5.74) is 2.07. The van der Waals surface area contributed by atoms with E-state index < -0.39 is 0 Å². The van der Waals surface area contributed by atoms with Gasteiger partial charge in [-0.3, -0.25) is 13.9 Å². The average Bonchev–Trinajstić information content (AvgIpc) is 2.42. The molecule has 4 nitrogen and oxygen atoms in total. The molecule has 2 rings (SSSR count). The van der Waals surface area contributed by atoms with Crippen molar-refractivity contribution >= 4 is 0 Å². The van der Waals surface area contributed by atoms with E-state index in [9.17, 15) is 9.59 Å². The van der Waals surface area contributed by atoms with Crippen LogP contribution in [0.5, 0.6) is 0 Å². The minimum atomic E-state index is -0.251. The van der Waals surface area contributed by atoms with Crippen LogP contribution in [0, 0.1) is 6.92 Å². The Balaban J connectivity index is 2.65. The van der Waals surface area contributed by atoms with Gasteiger partial charge in [0.1, 0.15) is 0 Å². The van der Waals surface area contributed by atoms with Gasteiger partial charge < -0.3 is 0 Å². The fraction of sp³-hybridized carbons (Fsp3) is 0.375. The summed E-state index contributed by atoms with van der Waals surface area (Å²) in [5, 5.41) is 0. The molecule has 20 heavy (non-hydrogen) atoms. The first-order valence-corrected chi connectivity index (χ1v) is 6.78. The van der Waals surface area contributed by atoms with Gasteiger partial charge >= 0.3 is 5.69 Å². The maximum absolute atomic E-state index is 12.3. The topological polar surface area (TPSA) is 44.0 Å². The Morgan fingerprint density at radius 3 is 2.25 bits per heavy atom. The molecule has 0 N–H and O–H groups in total. The van der Waals surface area contributed by atoms with E-state index >= 15 is 0 Å². The molecule has 0 bridgehead atoms. The Kier molecular flexibility index (Phi) is 3.93. The summed E-state index contributed by atoms with van der Waals surface area (Å²) < 4.78 is 2.88. The maximum atomic E-state index is 12.3. The van der Waals surface area contributed by atoms with E-state index in [2.05, 4.69) is 0 Å². The van der Waals surface area contributed by atoms with Gasteiger partial charge in [-0.1, -0.05) is 30.3 Å². The molecule has 106 valence electrons. The lowest BCUT2D eigenvalue weighted by molar-refractivity contribution is 0.512. The zero-order valence-corrected chi connectivity index (χ0v) is 12.4. The standard InChI is InChI=1S/C16H20N2O2/c1-11(2)18-12(3)14(15(19)17(4)16(18)20)10-13-8-6-5-7-9-13/h5-9,11H,10H2,1-4H3. The summed E-state index contributed by atoms with van der Waals surface area (Å²) in [5.74, 6) is 0. The third kappa shape index (κ3) is 2.46. The van der Waals surface area contributed by atoms with E-state index in [1.54, 1.807) is 4.57 Å². The minimum Gasteiger partial charge on any atom is -0.295 e. The number of nitrogens with zero attached hydrogens (tertiary/aromatic N) is 2. The molecule has 0 fully saturated rings. The van der Waals surface area contributed by atoms with Crippen LogP contribution in [-0.4, -0.2) is 9.13 Å². The highest BCUT2D eigenvalue weighted by Crippen LogP contribution is 2.12. The monoisotopic (exact) mass is 272 g/mol. The molecular formula is C16H20N2O2. The van der Waals surface area contributed by atoms with Gasteiger partial charge in [0.15, 0.2) is 0 Å². The van der Waals surface area contributed by atoms with E-state index in [1.165, 1.54) is 11.6 Å². The number of hydrogen-bond donors (Lipinski definition) is 0. The van der Waals surface area contributed by atoms with E-state index in [4.69, 9.17) is 0 Å². The van der Waals surface area contributed by atoms with Crippen molar-refractivity contribution in [3.05, 3.63) is 68.0 Å². The predicted octanol–water partition coefficient (Wildman–Crippen LogP) is 2.03. The van der Waals surface area contributed by atoms with Crippen LogP contribution in [0.25, 0.3) is 0 Å². The highest BCUT2D eigenvalue weighted by atomic mass is 16.2. The summed E-state index contributed by atoms with van der Waals surface area (Å²) >= 11 is 0. The summed E-state index contributed by atoms with van der Waals surface area (Å²) in [4.78, 5) is 24.5. The van der Waals surface area contributed by atoms with Gasteiger partial charge in [-0.25, -0.2) is 4.79 Å². The van der Waals surface area contributed by atoms with Crippen molar-refractivity contribution in [3.63, 3.8) is 0 Å². The Morgan fingerprint density at radius 1 is 1.10 bits per heavy atom. The lowest BCUT2D eigenvalue weighted by Gasteiger charge is -2.18. The molecule has 1 heterocycles. The molecule has 0 aliphatic rings. The van der Waals surface area contributed by atoms with Gasteiger partial charge in [-0.15, -0.1) is 0 Å². The molecule has 2 aromatic rings. The van der Waals surface area contributed by atoms with Crippen LogP contribution >= 0.6 is 0 Å². The van der Waals surface area contributed by atoms with Crippen molar-refractivity contribution in [1.29, 1.82) is 0 Å². The van der Waals surface area contributed by atoms with Crippen molar-refractivity contribution in [3.8, 4) is 0 Å². The van der Waals surface area contributed by atoms with Crippen LogP contribution in [0.1, 0.15) is 36.7 Å². The van der Waals surface area contributed by atoms with E-state index in [0.717, 1.165) is 11.3 Å². The van der Waals surface area contributed by atoms with Gasteiger partial charge in [-0.05, 0) is 26.3 Å². The van der Waals surface area contributed by atoms with E-state index in [-0.39, 0.29) is 17.3 Å². The molecule has 0 aliphatic carbocycles. The van der Waals surface area contributed by atoms with Gasteiger partial charge in [0.25, 0.3) is 5.56 Å². The van der Waals surface area contributed by atoms with Crippen LogP contribution in [-0.2, 0) is 13.5 Å². The average molecular weight is 272 g/mol. The third-order valence-electron chi connectivity index (χ3n) is 3.59. The first kappa shape index (κ1) is 14.3. The smallest absolute Gasteiger partial charge is 0.295 e. The van der Waals surface area contributed by atoms with Crippen molar-refractivity contribution < 1.29 is 0 Å². The van der Waals surface area contributed by atoms with Crippen molar-refractivity contribution in [2.75, 3.05) is 0 Å². The van der Waals surface area contributed by atoms with Crippen molar-refractivity contribution in [2.45, 2.75) is 33.2 Å². The first-order chi connectivity index (χ1) is 9.43. The lowest BCUT2D eigenvalue weighted by atomic mass is 10.0. The van der Waals surface area contributed by atoms with Crippen LogP contribution < -0.4 is 11.2 Å². The molecule has 1 aromatic heterocycles. The molecule has 0 atom stereocenters. The molecule has 0 amide bonds. The second-order valence-electron chi connectivity index (χ2n) is 5.34. The molecule has 1 aromatic carbocycles. The summed E-state index contributed by atoms with van der Waals surface area (Å²) in [6.45, 7) is 5.75. The third-order valence-corrected chi connectivity index (χ3v) is 3.59. The SMILES string of the molecule is Cc1c(Cc2ccccc2)c(=O)n(C)c(=O)n1C(C)C. The molecular weight excluding hydrogens is 252 g/mol. The quantitative estimate of drug-likeness (QED) is 0.858. The summed E-state index contributed by atoms with van der Waals surface area (Å²) in [6, 6.07) is 9.86. The van der Waals surface area contributed by atoms with Gasteiger partial charge in [-0.2, -0.15) is 0 Å². The number of benzene rings is 1. The number of aromatic nitrogens is 2. The largest absolute Gasteiger partial charge is 0.331 e. The maximum Gasteiger partial charge on any atom is 0.331 e. The predicted molar refractivity (Wildman–Crippen MR) is 80.3 cm³/mol. The lowest BCUT2D eigenvalue weighted by Crippen LogP contribution is -2.42. The Labute approximate surface area is 118 Å². The zero-order chi connectivity index (χ0) is 14.9. The van der Waals surface area contributed by atoms with E-state index in [0.29, 0.717) is 12.0 Å². The number of rotatable bonds is 3. The fourth-order valence-electron chi connectivity index (χ4n) is 2.51. The van der Waals surface area contributed by atoms with Gasteiger partial charge in [0, 0.05) is 30.8 Å². The van der Waals surface area contributed by atoms with Gasteiger partial charge in [0.05, 0.1) is 0 Å². The van der Waals surface area contributed by atoms with E-state index in [1.807, 2.05) is 51.1 Å². The number of hydrogen-bond acceptors (Lipinski definition) is 2. The molecule has 0 saturated carbocycles. The fourth-order valence-corrected chi connectivity index (χ4v) is 2.51. The van der Waals surface area contributed by atoms with Crippen LogP contribution in [0.3, 0.4) is 0 Å². The Hall–Kier alpha value is -2.10. The second-order valence-corrected chi connectivity index (χ2v) is 5.34. The highest BCUT2D eigenvalue weighted by Gasteiger charge is 2.16. The Morgan fingerprint density at radius 2 is 1.70 bits per heavy atom.